The second kappa shape index (κ2) is 8.83. The Kier molecular flexibility index (Phi) is 6.24. The zero-order valence-electron chi connectivity index (χ0n) is 16.4. The summed E-state index contributed by atoms with van der Waals surface area (Å²) in [6, 6.07) is 14.8. The molecule has 1 aliphatic rings. The zero-order valence-corrected chi connectivity index (χ0v) is 16.4. The lowest BCUT2D eigenvalue weighted by atomic mass is 9.89. The molecule has 0 spiro atoms. The van der Waals surface area contributed by atoms with Crippen LogP contribution < -0.4 is 5.32 Å². The first-order chi connectivity index (χ1) is 13.5. The van der Waals surface area contributed by atoms with E-state index in [-0.39, 0.29) is 30.1 Å². The number of likely N-dealkylation sites (tertiary alicyclic amines) is 1. The number of aryl methyl sites for hydroxylation is 2. The molecule has 146 valence electrons. The van der Waals surface area contributed by atoms with Crippen LogP contribution in [0, 0.1) is 19.8 Å². The predicted molar refractivity (Wildman–Crippen MR) is 108 cm³/mol. The Bertz CT molecular complexity index is 869. The molecule has 0 saturated carbocycles. The topological polar surface area (TPSA) is 66.5 Å². The van der Waals surface area contributed by atoms with E-state index < -0.39 is 0 Å². The number of hydrogen-bond donors (Lipinski definition) is 1. The van der Waals surface area contributed by atoms with Gasteiger partial charge in [-0.2, -0.15) is 0 Å². The highest BCUT2D eigenvalue weighted by atomic mass is 16.2. The molecule has 1 heterocycles. The van der Waals surface area contributed by atoms with Crippen molar-refractivity contribution in [3.8, 4) is 0 Å². The van der Waals surface area contributed by atoms with Gasteiger partial charge in [0.2, 0.25) is 5.91 Å². The lowest BCUT2D eigenvalue weighted by Gasteiger charge is -2.31. The van der Waals surface area contributed by atoms with Crippen molar-refractivity contribution in [2.45, 2.75) is 26.7 Å². The average Bonchev–Trinajstić information content (AvgIpc) is 2.74. The van der Waals surface area contributed by atoms with E-state index >= 15 is 0 Å². The van der Waals surface area contributed by atoms with E-state index in [9.17, 15) is 14.4 Å². The van der Waals surface area contributed by atoms with Crippen molar-refractivity contribution < 1.29 is 14.4 Å². The maximum atomic E-state index is 12.5. The fourth-order valence-electron chi connectivity index (χ4n) is 3.48. The van der Waals surface area contributed by atoms with Crippen LogP contribution in [0.1, 0.15) is 44.7 Å². The molecule has 0 aliphatic carbocycles. The zero-order chi connectivity index (χ0) is 20.1. The molecule has 0 atom stereocenters. The molecule has 5 nitrogen and oxygen atoms in total. The highest BCUT2D eigenvalue weighted by molar-refractivity contribution is 5.98. The number of nitrogens with one attached hydrogen (secondary N) is 1. The minimum absolute atomic E-state index is 0.0247. The van der Waals surface area contributed by atoms with Crippen molar-refractivity contribution in [1.29, 1.82) is 0 Å². The van der Waals surface area contributed by atoms with E-state index in [0.29, 0.717) is 31.5 Å². The Balaban J connectivity index is 1.48. The Morgan fingerprint density at radius 3 is 2.25 bits per heavy atom. The van der Waals surface area contributed by atoms with E-state index in [1.807, 2.05) is 56.3 Å². The van der Waals surface area contributed by atoms with E-state index in [1.165, 1.54) is 0 Å². The van der Waals surface area contributed by atoms with Crippen LogP contribution in [-0.4, -0.2) is 42.1 Å². The number of carbonyl (C=O) groups is 3. The van der Waals surface area contributed by atoms with Gasteiger partial charge in [-0.25, -0.2) is 0 Å². The number of hydrogen-bond acceptors (Lipinski definition) is 3. The minimum Gasteiger partial charge on any atom is -0.343 e. The van der Waals surface area contributed by atoms with Crippen LogP contribution in [0.4, 0.5) is 0 Å². The monoisotopic (exact) mass is 378 g/mol. The largest absolute Gasteiger partial charge is 0.343 e. The summed E-state index contributed by atoms with van der Waals surface area (Å²) in [4.78, 5) is 39.0. The molecular formula is C23H26N2O3. The van der Waals surface area contributed by atoms with Gasteiger partial charge in [0, 0.05) is 30.1 Å². The molecule has 1 aliphatic heterocycles. The SMILES string of the molecule is Cc1ccc(C(=O)NCC(=O)N2CCC(C(=O)c3ccccc3)CC2)cc1C. The fraction of sp³-hybridized carbons (Fsp3) is 0.348. The molecule has 5 heteroatoms. The van der Waals surface area contributed by atoms with Crippen LogP contribution in [0.2, 0.25) is 0 Å². The lowest BCUT2D eigenvalue weighted by Crippen LogP contribution is -2.45. The number of nitrogens with zero attached hydrogens (tertiary/aromatic N) is 1. The van der Waals surface area contributed by atoms with Crippen LogP contribution in [-0.2, 0) is 4.79 Å². The minimum atomic E-state index is -0.245. The third-order valence-electron chi connectivity index (χ3n) is 5.45. The molecule has 2 aromatic rings. The van der Waals surface area contributed by atoms with Crippen LogP contribution in [0.5, 0.6) is 0 Å². The Hall–Kier alpha value is -2.95. The number of benzene rings is 2. The number of ketones is 1. The molecule has 1 N–H and O–H groups in total. The summed E-state index contributed by atoms with van der Waals surface area (Å²) < 4.78 is 0. The third kappa shape index (κ3) is 4.66. The van der Waals surface area contributed by atoms with Crippen molar-refractivity contribution in [1.82, 2.24) is 10.2 Å². The molecule has 0 unspecified atom stereocenters. The van der Waals surface area contributed by atoms with Gasteiger partial charge in [-0.3, -0.25) is 14.4 Å². The van der Waals surface area contributed by atoms with Gasteiger partial charge in [0.15, 0.2) is 5.78 Å². The van der Waals surface area contributed by atoms with Gasteiger partial charge in [-0.15, -0.1) is 0 Å². The smallest absolute Gasteiger partial charge is 0.251 e. The van der Waals surface area contributed by atoms with Gasteiger partial charge in [-0.05, 0) is 49.9 Å². The first-order valence-electron chi connectivity index (χ1n) is 9.68. The summed E-state index contributed by atoms with van der Waals surface area (Å²) in [5.41, 5.74) is 3.46. The van der Waals surface area contributed by atoms with E-state index in [2.05, 4.69) is 5.32 Å². The molecular weight excluding hydrogens is 352 g/mol. The van der Waals surface area contributed by atoms with Crippen molar-refractivity contribution in [3.05, 3.63) is 70.8 Å². The maximum absolute atomic E-state index is 12.5. The highest BCUT2D eigenvalue weighted by Crippen LogP contribution is 2.21. The number of amides is 2. The van der Waals surface area contributed by atoms with Gasteiger partial charge in [0.1, 0.15) is 0 Å². The van der Waals surface area contributed by atoms with Gasteiger partial charge < -0.3 is 10.2 Å². The molecule has 1 saturated heterocycles. The molecule has 28 heavy (non-hydrogen) atoms. The molecule has 0 aromatic heterocycles. The van der Waals surface area contributed by atoms with Gasteiger partial charge in [-0.1, -0.05) is 36.4 Å². The standard InChI is InChI=1S/C23H26N2O3/c1-16-8-9-20(14-17(16)2)23(28)24-15-21(26)25-12-10-19(11-13-25)22(27)18-6-4-3-5-7-18/h3-9,14,19H,10-13,15H2,1-2H3,(H,24,28). The number of carbonyl (C=O) groups excluding carboxylic acids is 3. The predicted octanol–water partition coefficient (Wildman–Crippen LogP) is 3.15. The summed E-state index contributed by atoms with van der Waals surface area (Å²) in [6.45, 7) is 5.01. The van der Waals surface area contributed by atoms with Gasteiger partial charge in [0.25, 0.3) is 5.91 Å². The number of piperidine rings is 1. The number of Topliss-reactive ketones (excluding diaryl/α,β-unsaturated/α-hetero) is 1. The Morgan fingerprint density at radius 2 is 1.61 bits per heavy atom. The van der Waals surface area contributed by atoms with Crippen molar-refractivity contribution in [3.63, 3.8) is 0 Å². The normalized spacial score (nSPS) is 14.6. The summed E-state index contributed by atoms with van der Waals surface area (Å²) in [5, 5.41) is 2.71. The van der Waals surface area contributed by atoms with Crippen molar-refractivity contribution in [2.75, 3.05) is 19.6 Å². The maximum Gasteiger partial charge on any atom is 0.251 e. The van der Waals surface area contributed by atoms with Gasteiger partial charge in [0.05, 0.1) is 6.54 Å². The fourth-order valence-corrected chi connectivity index (χ4v) is 3.48. The van der Waals surface area contributed by atoms with Crippen molar-refractivity contribution in [2.24, 2.45) is 5.92 Å². The molecule has 3 rings (SSSR count). The molecule has 0 bridgehead atoms. The van der Waals surface area contributed by atoms with E-state index in [1.54, 1.807) is 11.0 Å². The quantitative estimate of drug-likeness (QED) is 0.813. The first kappa shape index (κ1) is 19.8. The van der Waals surface area contributed by atoms with Crippen LogP contribution in [0.3, 0.4) is 0 Å². The van der Waals surface area contributed by atoms with E-state index in [4.69, 9.17) is 0 Å². The summed E-state index contributed by atoms with van der Waals surface area (Å²) in [5.74, 6) is -0.249. The number of rotatable bonds is 5. The second-order valence-corrected chi connectivity index (χ2v) is 7.37. The summed E-state index contributed by atoms with van der Waals surface area (Å²) in [7, 11) is 0. The highest BCUT2D eigenvalue weighted by Gasteiger charge is 2.27. The Labute approximate surface area is 165 Å². The molecule has 2 aromatic carbocycles. The van der Waals surface area contributed by atoms with Crippen molar-refractivity contribution >= 4 is 17.6 Å². The first-order valence-corrected chi connectivity index (χ1v) is 9.68. The lowest BCUT2D eigenvalue weighted by molar-refractivity contribution is -0.131. The summed E-state index contributed by atoms with van der Waals surface area (Å²) >= 11 is 0. The Morgan fingerprint density at radius 1 is 0.929 bits per heavy atom. The molecule has 1 fully saturated rings. The molecule has 2 amide bonds. The van der Waals surface area contributed by atoms with Crippen LogP contribution in [0.15, 0.2) is 48.5 Å². The van der Waals surface area contributed by atoms with Gasteiger partial charge >= 0.3 is 0 Å². The van der Waals surface area contributed by atoms with Crippen LogP contribution >= 0.6 is 0 Å². The summed E-state index contributed by atoms with van der Waals surface area (Å²) in [6.07, 6.45) is 1.31. The van der Waals surface area contributed by atoms with Crippen LogP contribution in [0.25, 0.3) is 0 Å². The average molecular weight is 378 g/mol. The van der Waals surface area contributed by atoms with E-state index in [0.717, 1.165) is 16.7 Å². The molecule has 0 radical (unpaired) electrons. The third-order valence-corrected chi connectivity index (χ3v) is 5.45. The second-order valence-electron chi connectivity index (χ2n) is 7.37.